The number of rotatable bonds is 3. The van der Waals surface area contributed by atoms with Crippen LogP contribution in [0, 0.1) is 11.6 Å². The highest BCUT2D eigenvalue weighted by atomic mass is 79.9. The highest BCUT2D eigenvalue weighted by Gasteiger charge is 2.23. The summed E-state index contributed by atoms with van der Waals surface area (Å²) in [7, 11) is 1.41. The Morgan fingerprint density at radius 1 is 1.10 bits per heavy atom. The molecule has 0 radical (unpaired) electrons. The summed E-state index contributed by atoms with van der Waals surface area (Å²) in [6.07, 6.45) is 0. The summed E-state index contributed by atoms with van der Waals surface area (Å²) in [4.78, 5) is 0. The van der Waals surface area contributed by atoms with Crippen LogP contribution in [0.3, 0.4) is 0 Å². The second kappa shape index (κ2) is 6.41. The van der Waals surface area contributed by atoms with E-state index in [9.17, 15) is 8.78 Å². The van der Waals surface area contributed by atoms with Crippen LogP contribution in [-0.4, -0.2) is 7.11 Å². The summed E-state index contributed by atoms with van der Waals surface area (Å²) in [5.74, 6) is -0.648. The van der Waals surface area contributed by atoms with Crippen molar-refractivity contribution in [3.05, 3.63) is 62.0 Å². The number of hydrogen-bond donors (Lipinski definition) is 0. The van der Waals surface area contributed by atoms with Gasteiger partial charge in [-0.2, -0.15) is 0 Å². The second-order valence-electron chi connectivity index (χ2n) is 4.01. The monoisotopic (exact) mass is 424 g/mol. The Labute approximate surface area is 137 Å². The third kappa shape index (κ3) is 3.00. The maximum absolute atomic E-state index is 14.0. The molecule has 0 spiro atoms. The summed E-state index contributed by atoms with van der Waals surface area (Å²) in [5.41, 5.74) is 0.763. The minimum Gasteiger partial charge on any atom is -0.496 e. The lowest BCUT2D eigenvalue weighted by Crippen LogP contribution is -2.02. The minimum absolute atomic E-state index is 0.242. The maximum Gasteiger partial charge on any atom is 0.141 e. The normalized spacial score (nSPS) is 12.3. The molecule has 0 N–H and O–H groups in total. The lowest BCUT2D eigenvalue weighted by molar-refractivity contribution is 0.406. The van der Waals surface area contributed by atoms with E-state index >= 15 is 0 Å². The molecule has 0 aromatic heterocycles. The first-order chi connectivity index (χ1) is 9.45. The van der Waals surface area contributed by atoms with Crippen molar-refractivity contribution in [3.63, 3.8) is 0 Å². The van der Waals surface area contributed by atoms with Gasteiger partial charge in [0.25, 0.3) is 0 Å². The van der Waals surface area contributed by atoms with Crippen LogP contribution in [0.4, 0.5) is 8.78 Å². The van der Waals surface area contributed by atoms with Gasteiger partial charge in [0.05, 0.1) is 17.0 Å². The van der Waals surface area contributed by atoms with Gasteiger partial charge in [0.1, 0.15) is 17.4 Å². The molecule has 2 rings (SSSR count). The maximum atomic E-state index is 14.0. The Kier molecular flexibility index (Phi) is 5.04. The standard InChI is InChI=1S/C14H9Br2ClF2O/c1-20-12-6-11(19)9(16)5-7(12)14(17)13-8(15)3-2-4-10(13)18/h2-6,14H,1H3. The molecule has 0 bridgehead atoms. The summed E-state index contributed by atoms with van der Waals surface area (Å²) in [6, 6.07) is 7.29. The van der Waals surface area contributed by atoms with Crippen molar-refractivity contribution >= 4 is 43.5 Å². The molecule has 106 valence electrons. The molecule has 0 amide bonds. The molecule has 1 atom stereocenters. The van der Waals surface area contributed by atoms with Crippen LogP contribution in [0.15, 0.2) is 39.3 Å². The fraction of sp³-hybridized carbons (Fsp3) is 0.143. The zero-order chi connectivity index (χ0) is 14.9. The molecule has 1 nitrogen and oxygen atoms in total. The summed E-state index contributed by atoms with van der Waals surface area (Å²) in [5, 5.41) is -0.808. The third-order valence-electron chi connectivity index (χ3n) is 2.80. The Morgan fingerprint density at radius 3 is 2.40 bits per heavy atom. The molecule has 20 heavy (non-hydrogen) atoms. The van der Waals surface area contributed by atoms with Crippen molar-refractivity contribution in [3.8, 4) is 5.75 Å². The molecule has 2 aromatic carbocycles. The Bertz CT molecular complexity index is 629. The van der Waals surface area contributed by atoms with Gasteiger partial charge in [0.2, 0.25) is 0 Å². The molecule has 1 unspecified atom stereocenters. The zero-order valence-corrected chi connectivity index (χ0v) is 14.2. The summed E-state index contributed by atoms with van der Waals surface area (Å²) >= 11 is 12.7. The van der Waals surface area contributed by atoms with E-state index in [4.69, 9.17) is 16.3 Å². The Morgan fingerprint density at radius 2 is 1.80 bits per heavy atom. The molecule has 0 saturated heterocycles. The van der Waals surface area contributed by atoms with Gasteiger partial charge >= 0.3 is 0 Å². The molecule has 0 aliphatic carbocycles. The molecular formula is C14H9Br2ClF2O. The first-order valence-corrected chi connectivity index (χ1v) is 7.59. The van der Waals surface area contributed by atoms with E-state index in [0.717, 1.165) is 0 Å². The molecule has 0 aliphatic heterocycles. The molecule has 0 aliphatic rings. The van der Waals surface area contributed by atoms with E-state index in [0.29, 0.717) is 10.0 Å². The SMILES string of the molecule is COc1cc(F)c(Br)cc1C(Cl)c1c(F)cccc1Br. The Balaban J connectivity index is 2.59. The highest BCUT2D eigenvalue weighted by molar-refractivity contribution is 9.10. The van der Waals surface area contributed by atoms with Gasteiger partial charge in [-0.25, -0.2) is 8.78 Å². The summed E-state index contributed by atoms with van der Waals surface area (Å²) < 4.78 is 33.4. The number of methoxy groups -OCH3 is 1. The molecule has 0 heterocycles. The predicted molar refractivity (Wildman–Crippen MR) is 82.4 cm³/mol. The fourth-order valence-electron chi connectivity index (χ4n) is 1.83. The van der Waals surface area contributed by atoms with Crippen molar-refractivity contribution < 1.29 is 13.5 Å². The topological polar surface area (TPSA) is 9.23 Å². The first kappa shape index (κ1) is 15.7. The van der Waals surface area contributed by atoms with Gasteiger partial charge in [-0.3, -0.25) is 0 Å². The highest BCUT2D eigenvalue weighted by Crippen LogP contribution is 2.41. The molecule has 0 saturated carbocycles. The number of alkyl halides is 1. The smallest absolute Gasteiger partial charge is 0.141 e. The van der Waals surface area contributed by atoms with Crippen LogP contribution in [0.2, 0.25) is 0 Å². The lowest BCUT2D eigenvalue weighted by Gasteiger charge is -2.17. The van der Waals surface area contributed by atoms with Crippen molar-refractivity contribution in [1.29, 1.82) is 0 Å². The van der Waals surface area contributed by atoms with Crippen molar-refractivity contribution in [2.24, 2.45) is 0 Å². The number of hydrogen-bond acceptors (Lipinski definition) is 1. The second-order valence-corrected chi connectivity index (χ2v) is 6.15. The van der Waals surface area contributed by atoms with E-state index in [1.165, 1.54) is 25.3 Å². The summed E-state index contributed by atoms with van der Waals surface area (Å²) in [6.45, 7) is 0. The lowest BCUT2D eigenvalue weighted by atomic mass is 10.0. The number of ether oxygens (including phenoxy) is 1. The van der Waals surface area contributed by atoms with Gasteiger partial charge in [-0.1, -0.05) is 22.0 Å². The first-order valence-electron chi connectivity index (χ1n) is 5.56. The number of benzene rings is 2. The van der Waals surface area contributed by atoms with E-state index in [-0.39, 0.29) is 15.8 Å². The van der Waals surface area contributed by atoms with E-state index < -0.39 is 17.0 Å². The van der Waals surface area contributed by atoms with Gasteiger partial charge in [-0.05, 0) is 34.1 Å². The average molecular weight is 426 g/mol. The number of halogens is 5. The van der Waals surface area contributed by atoms with Crippen molar-refractivity contribution in [2.45, 2.75) is 5.38 Å². The van der Waals surface area contributed by atoms with E-state index in [1.807, 2.05) is 0 Å². The van der Waals surface area contributed by atoms with Crippen LogP contribution in [0.1, 0.15) is 16.5 Å². The zero-order valence-electron chi connectivity index (χ0n) is 10.3. The van der Waals surface area contributed by atoms with Gasteiger partial charge in [0, 0.05) is 21.7 Å². The van der Waals surface area contributed by atoms with E-state index in [1.54, 1.807) is 12.1 Å². The molecule has 0 fully saturated rings. The van der Waals surface area contributed by atoms with Gasteiger partial charge in [-0.15, -0.1) is 11.6 Å². The Hall–Kier alpha value is -0.650. The minimum atomic E-state index is -0.808. The fourth-order valence-corrected chi connectivity index (χ4v) is 3.28. The van der Waals surface area contributed by atoms with Crippen LogP contribution < -0.4 is 4.74 Å². The van der Waals surface area contributed by atoms with Gasteiger partial charge < -0.3 is 4.74 Å². The van der Waals surface area contributed by atoms with Crippen LogP contribution in [0.25, 0.3) is 0 Å². The van der Waals surface area contributed by atoms with Gasteiger partial charge in [0.15, 0.2) is 0 Å². The van der Waals surface area contributed by atoms with Crippen LogP contribution in [0.5, 0.6) is 5.75 Å². The van der Waals surface area contributed by atoms with Crippen molar-refractivity contribution in [2.75, 3.05) is 7.11 Å². The van der Waals surface area contributed by atoms with E-state index in [2.05, 4.69) is 31.9 Å². The quantitative estimate of drug-likeness (QED) is 0.562. The predicted octanol–water partition coefficient (Wildman–Crippen LogP) is 5.83. The van der Waals surface area contributed by atoms with Crippen LogP contribution in [-0.2, 0) is 0 Å². The molecular weight excluding hydrogens is 417 g/mol. The molecule has 6 heteroatoms. The average Bonchev–Trinajstić information content (AvgIpc) is 2.41. The molecule has 2 aromatic rings. The largest absolute Gasteiger partial charge is 0.496 e. The van der Waals surface area contributed by atoms with Crippen molar-refractivity contribution in [1.82, 2.24) is 0 Å². The van der Waals surface area contributed by atoms with Crippen LogP contribution >= 0.6 is 43.5 Å². The third-order valence-corrected chi connectivity index (χ3v) is 4.55.